The number of carbonyl (C=O) groups is 2. The molecule has 3 atom stereocenters. The minimum absolute atomic E-state index is 0. The second kappa shape index (κ2) is 8.82. The Bertz CT molecular complexity index is 655. The molecule has 1 aromatic rings. The molecule has 2 saturated heterocycles. The summed E-state index contributed by atoms with van der Waals surface area (Å²) in [6.07, 6.45) is 3.20. The number of hydrogen-bond acceptors (Lipinski definition) is 3. The van der Waals surface area contributed by atoms with Crippen LogP contribution in [0.5, 0.6) is 0 Å². The Morgan fingerprint density at radius 2 is 1.88 bits per heavy atom. The molecule has 3 unspecified atom stereocenters. The molecule has 3 rings (SSSR count). The van der Waals surface area contributed by atoms with Crippen LogP contribution in [0.25, 0.3) is 0 Å². The molecule has 2 aliphatic heterocycles. The molecule has 5 nitrogen and oxygen atoms in total. The van der Waals surface area contributed by atoms with Gasteiger partial charge in [0.2, 0.25) is 5.91 Å². The molecule has 1 aromatic carbocycles. The van der Waals surface area contributed by atoms with Crippen LogP contribution in [0, 0.1) is 11.7 Å². The molecule has 2 bridgehead atoms. The largest absolute Gasteiger partial charge is 0.340 e. The lowest BCUT2D eigenvalue weighted by atomic mass is 10.0. The highest BCUT2D eigenvalue weighted by atomic mass is 35.5. The van der Waals surface area contributed by atoms with Crippen molar-refractivity contribution >= 4 is 24.2 Å². The number of carbonyl (C=O) groups excluding carboxylic acids is 2. The van der Waals surface area contributed by atoms with Gasteiger partial charge in [-0.05, 0) is 37.3 Å². The Hall–Kier alpha value is -1.66. The molecule has 26 heavy (non-hydrogen) atoms. The normalized spacial score (nSPS) is 23.2. The fourth-order valence-corrected chi connectivity index (χ4v) is 3.72. The number of halogens is 2. The van der Waals surface area contributed by atoms with Crippen LogP contribution in [0.2, 0.25) is 0 Å². The zero-order chi connectivity index (χ0) is 18.0. The molecule has 7 heteroatoms. The molecular formula is C19H27ClFN3O2. The summed E-state index contributed by atoms with van der Waals surface area (Å²) in [5.74, 6) is -1.27. The first kappa shape index (κ1) is 20.6. The summed E-state index contributed by atoms with van der Waals surface area (Å²) in [4.78, 5) is 27.3. The molecule has 2 aliphatic rings. The van der Waals surface area contributed by atoms with Crippen LogP contribution in [0.1, 0.15) is 43.5 Å². The number of amides is 2. The van der Waals surface area contributed by atoms with E-state index in [0.717, 1.165) is 12.8 Å². The van der Waals surface area contributed by atoms with Crippen molar-refractivity contribution in [2.24, 2.45) is 5.92 Å². The number of nitrogens with zero attached hydrogens (tertiary/aromatic N) is 1. The number of likely N-dealkylation sites (tertiary alicyclic amines) is 1. The van der Waals surface area contributed by atoms with E-state index in [1.807, 2.05) is 18.7 Å². The third-order valence-electron chi connectivity index (χ3n) is 5.17. The van der Waals surface area contributed by atoms with Gasteiger partial charge in [0, 0.05) is 25.2 Å². The molecule has 0 spiro atoms. The van der Waals surface area contributed by atoms with Gasteiger partial charge in [0.05, 0.1) is 5.56 Å². The Kier molecular flexibility index (Phi) is 7.01. The van der Waals surface area contributed by atoms with Crippen molar-refractivity contribution < 1.29 is 14.0 Å². The molecule has 0 saturated carbocycles. The van der Waals surface area contributed by atoms with Crippen LogP contribution in [0.4, 0.5) is 4.39 Å². The van der Waals surface area contributed by atoms with E-state index in [2.05, 4.69) is 10.6 Å². The predicted molar refractivity (Wildman–Crippen MR) is 101 cm³/mol. The van der Waals surface area contributed by atoms with Crippen molar-refractivity contribution in [2.75, 3.05) is 13.1 Å². The third kappa shape index (κ3) is 4.54. The van der Waals surface area contributed by atoms with Crippen molar-refractivity contribution in [3.05, 3.63) is 35.6 Å². The minimum Gasteiger partial charge on any atom is -0.340 e. The Balaban J connectivity index is 0.00000243. The summed E-state index contributed by atoms with van der Waals surface area (Å²) in [5.41, 5.74) is -0.0301. The fourth-order valence-electron chi connectivity index (χ4n) is 3.72. The van der Waals surface area contributed by atoms with Crippen LogP contribution in [-0.4, -0.2) is 47.9 Å². The van der Waals surface area contributed by atoms with Gasteiger partial charge in [-0.1, -0.05) is 26.0 Å². The molecule has 0 aromatic heterocycles. The summed E-state index contributed by atoms with van der Waals surface area (Å²) in [6, 6.07) is 6.01. The van der Waals surface area contributed by atoms with Crippen molar-refractivity contribution in [3.63, 3.8) is 0 Å². The van der Waals surface area contributed by atoms with Crippen molar-refractivity contribution in [1.82, 2.24) is 15.5 Å². The topological polar surface area (TPSA) is 61.4 Å². The lowest BCUT2D eigenvalue weighted by Crippen LogP contribution is -2.53. The van der Waals surface area contributed by atoms with E-state index < -0.39 is 17.8 Å². The Labute approximate surface area is 160 Å². The Morgan fingerprint density at radius 1 is 1.19 bits per heavy atom. The predicted octanol–water partition coefficient (Wildman–Crippen LogP) is 2.35. The van der Waals surface area contributed by atoms with Crippen LogP contribution in [-0.2, 0) is 4.79 Å². The summed E-state index contributed by atoms with van der Waals surface area (Å²) in [6.45, 7) is 5.17. The van der Waals surface area contributed by atoms with Gasteiger partial charge in [-0.25, -0.2) is 4.39 Å². The smallest absolute Gasteiger partial charge is 0.254 e. The van der Waals surface area contributed by atoms with Crippen LogP contribution in [0.3, 0.4) is 0 Å². The summed E-state index contributed by atoms with van der Waals surface area (Å²) < 4.78 is 13.8. The fraction of sp³-hybridized carbons (Fsp3) is 0.579. The van der Waals surface area contributed by atoms with Gasteiger partial charge in [0.15, 0.2) is 0 Å². The van der Waals surface area contributed by atoms with Gasteiger partial charge >= 0.3 is 0 Å². The van der Waals surface area contributed by atoms with Crippen molar-refractivity contribution in [3.8, 4) is 0 Å². The first-order valence-corrected chi connectivity index (χ1v) is 9.06. The molecule has 144 valence electrons. The number of nitrogens with one attached hydrogen (secondary N) is 2. The molecule has 2 heterocycles. The van der Waals surface area contributed by atoms with Gasteiger partial charge in [0.25, 0.3) is 5.91 Å². The molecule has 2 fully saturated rings. The first-order chi connectivity index (χ1) is 12.0. The van der Waals surface area contributed by atoms with Gasteiger partial charge in [0.1, 0.15) is 11.9 Å². The van der Waals surface area contributed by atoms with Gasteiger partial charge in [-0.15, -0.1) is 12.4 Å². The maximum absolute atomic E-state index is 13.8. The number of hydrogen-bond donors (Lipinski definition) is 2. The zero-order valence-corrected chi connectivity index (χ0v) is 16.0. The standard InChI is InChI=1S/C19H26FN3O2.ClH/c1-12(2)17(22-18(24)15-5-3-4-6-16(15)20)19(25)23-10-9-13-7-8-14(11-23)21-13;/h3-6,12-14,17,21H,7-11H2,1-2H3,(H,22,24);1H. The SMILES string of the molecule is CC(C)C(NC(=O)c1ccccc1F)C(=O)N1CCC2CCC(C1)N2.Cl. The highest BCUT2D eigenvalue weighted by molar-refractivity contribution is 5.97. The van der Waals surface area contributed by atoms with E-state index in [1.165, 1.54) is 24.6 Å². The van der Waals surface area contributed by atoms with E-state index in [9.17, 15) is 14.0 Å². The zero-order valence-electron chi connectivity index (χ0n) is 15.2. The van der Waals surface area contributed by atoms with Gasteiger partial charge in [-0.2, -0.15) is 0 Å². The monoisotopic (exact) mass is 383 g/mol. The van der Waals surface area contributed by atoms with Crippen LogP contribution >= 0.6 is 12.4 Å². The van der Waals surface area contributed by atoms with E-state index >= 15 is 0 Å². The molecule has 2 N–H and O–H groups in total. The lowest BCUT2D eigenvalue weighted by Gasteiger charge is -2.30. The summed E-state index contributed by atoms with van der Waals surface area (Å²) >= 11 is 0. The maximum Gasteiger partial charge on any atom is 0.254 e. The average molecular weight is 384 g/mol. The van der Waals surface area contributed by atoms with Crippen molar-refractivity contribution in [1.29, 1.82) is 0 Å². The number of benzene rings is 1. The van der Waals surface area contributed by atoms with Crippen molar-refractivity contribution in [2.45, 2.75) is 51.2 Å². The first-order valence-electron chi connectivity index (χ1n) is 9.06. The van der Waals surface area contributed by atoms with Crippen LogP contribution < -0.4 is 10.6 Å². The average Bonchev–Trinajstić information content (AvgIpc) is 2.91. The maximum atomic E-state index is 13.8. The van der Waals surface area contributed by atoms with E-state index in [4.69, 9.17) is 0 Å². The second-order valence-electron chi connectivity index (χ2n) is 7.39. The second-order valence-corrected chi connectivity index (χ2v) is 7.39. The van der Waals surface area contributed by atoms with Gasteiger partial charge < -0.3 is 15.5 Å². The van der Waals surface area contributed by atoms with Crippen LogP contribution in [0.15, 0.2) is 24.3 Å². The summed E-state index contributed by atoms with van der Waals surface area (Å²) in [5, 5.41) is 6.29. The molecule has 0 radical (unpaired) electrons. The Morgan fingerprint density at radius 3 is 2.58 bits per heavy atom. The summed E-state index contributed by atoms with van der Waals surface area (Å²) in [7, 11) is 0. The third-order valence-corrected chi connectivity index (χ3v) is 5.17. The molecule has 2 amide bonds. The highest BCUT2D eigenvalue weighted by Crippen LogP contribution is 2.21. The lowest BCUT2D eigenvalue weighted by molar-refractivity contribution is -0.134. The quantitative estimate of drug-likeness (QED) is 0.839. The molecule has 0 aliphatic carbocycles. The van der Waals surface area contributed by atoms with E-state index in [1.54, 1.807) is 6.07 Å². The number of fused-ring (bicyclic) bond motifs is 2. The van der Waals surface area contributed by atoms with Gasteiger partial charge in [-0.3, -0.25) is 9.59 Å². The number of rotatable bonds is 4. The minimum atomic E-state index is -0.649. The highest BCUT2D eigenvalue weighted by Gasteiger charge is 2.35. The molecular weight excluding hydrogens is 357 g/mol. The van der Waals surface area contributed by atoms with E-state index in [-0.39, 0.29) is 29.8 Å². The van der Waals surface area contributed by atoms with E-state index in [0.29, 0.717) is 25.2 Å².